The van der Waals surface area contributed by atoms with E-state index >= 15 is 0 Å². The third-order valence-corrected chi connectivity index (χ3v) is 8.12. The number of hydrogen-bond donors (Lipinski definition) is 1. The molecule has 0 bridgehead atoms. The number of nitrogens with one attached hydrogen (secondary N) is 1. The number of sulfonamides is 1. The van der Waals surface area contributed by atoms with Gasteiger partial charge in [-0.05, 0) is 62.2 Å². The average Bonchev–Trinajstić information content (AvgIpc) is 2.79. The summed E-state index contributed by atoms with van der Waals surface area (Å²) < 4.78 is 61.5. The summed E-state index contributed by atoms with van der Waals surface area (Å²) in [6.07, 6.45) is 3.75. The van der Waals surface area contributed by atoms with Gasteiger partial charge in [0.15, 0.2) is 16.4 Å². The predicted octanol–water partition coefficient (Wildman–Crippen LogP) is 2.68. The Kier molecular flexibility index (Phi) is 7.98. The number of carbonyl (C=O) groups excluding carboxylic acids is 1. The Morgan fingerprint density at radius 1 is 0.939 bits per heavy atom. The van der Waals surface area contributed by atoms with Crippen molar-refractivity contribution < 1.29 is 31.1 Å². The van der Waals surface area contributed by atoms with Gasteiger partial charge in [0.05, 0.1) is 22.1 Å². The number of ether oxygens (including phenoxy) is 2. The van der Waals surface area contributed by atoms with Gasteiger partial charge in [-0.1, -0.05) is 6.42 Å². The Balaban J connectivity index is 1.72. The molecular formula is C22H28N2O7S2. The van der Waals surface area contributed by atoms with E-state index in [1.165, 1.54) is 46.8 Å². The lowest BCUT2D eigenvalue weighted by atomic mass is 10.2. The largest absolute Gasteiger partial charge is 0.492 e. The van der Waals surface area contributed by atoms with Gasteiger partial charge in [0.25, 0.3) is 5.91 Å². The number of carbonyl (C=O) groups is 1. The quantitative estimate of drug-likeness (QED) is 0.567. The van der Waals surface area contributed by atoms with Crippen molar-refractivity contribution in [3.8, 4) is 11.5 Å². The summed E-state index contributed by atoms with van der Waals surface area (Å²) in [5, 5.41) is 2.65. The molecule has 1 heterocycles. The van der Waals surface area contributed by atoms with Gasteiger partial charge in [0.2, 0.25) is 10.0 Å². The molecule has 0 saturated carbocycles. The van der Waals surface area contributed by atoms with Crippen LogP contribution in [0.25, 0.3) is 0 Å². The molecule has 0 radical (unpaired) electrons. The SMILES string of the molecule is CCOc1ccc(S(=O)(=O)N2CCCCC2)cc1NC(=O)COc1ccc(S(C)(=O)=O)cc1. The number of anilines is 1. The molecule has 1 fully saturated rings. The normalized spacial score (nSPS) is 15.1. The molecule has 1 saturated heterocycles. The standard InChI is InChI=1S/C22H28N2O7S2/c1-3-30-21-12-11-19(33(28,29)24-13-5-4-6-14-24)15-20(21)23-22(25)16-31-17-7-9-18(10-8-17)32(2,26)27/h7-12,15H,3-6,13-14,16H2,1-2H3,(H,23,25). The molecule has 0 aliphatic carbocycles. The highest BCUT2D eigenvalue weighted by Crippen LogP contribution is 2.30. The Morgan fingerprint density at radius 3 is 2.18 bits per heavy atom. The molecule has 0 atom stereocenters. The first-order chi connectivity index (χ1) is 15.6. The van der Waals surface area contributed by atoms with E-state index in [0.29, 0.717) is 31.2 Å². The lowest BCUT2D eigenvalue weighted by Gasteiger charge is -2.26. The van der Waals surface area contributed by atoms with Crippen LogP contribution < -0.4 is 14.8 Å². The molecular weight excluding hydrogens is 468 g/mol. The molecule has 33 heavy (non-hydrogen) atoms. The fourth-order valence-corrected chi connectivity index (χ4v) is 5.60. The molecule has 1 aliphatic rings. The van der Waals surface area contributed by atoms with Gasteiger partial charge >= 0.3 is 0 Å². The van der Waals surface area contributed by atoms with Gasteiger partial charge in [-0.3, -0.25) is 4.79 Å². The molecule has 2 aromatic rings. The van der Waals surface area contributed by atoms with Crippen molar-refractivity contribution in [2.75, 3.05) is 37.9 Å². The summed E-state index contributed by atoms with van der Waals surface area (Å²) in [4.78, 5) is 12.7. The van der Waals surface area contributed by atoms with Crippen LogP contribution in [0, 0.1) is 0 Å². The van der Waals surface area contributed by atoms with Gasteiger partial charge < -0.3 is 14.8 Å². The van der Waals surface area contributed by atoms with Crippen LogP contribution in [-0.4, -0.2) is 59.6 Å². The first-order valence-electron chi connectivity index (χ1n) is 10.6. The van der Waals surface area contributed by atoms with Crippen molar-refractivity contribution in [2.45, 2.75) is 36.0 Å². The zero-order valence-electron chi connectivity index (χ0n) is 18.6. The van der Waals surface area contributed by atoms with Gasteiger partial charge in [-0.15, -0.1) is 0 Å². The van der Waals surface area contributed by atoms with Crippen LogP contribution in [0.3, 0.4) is 0 Å². The summed E-state index contributed by atoms with van der Waals surface area (Å²) in [7, 11) is -7.00. The third-order valence-electron chi connectivity index (χ3n) is 5.10. The third kappa shape index (κ3) is 6.46. The maximum atomic E-state index is 13.0. The monoisotopic (exact) mass is 496 g/mol. The molecule has 3 rings (SSSR count). The van der Waals surface area contributed by atoms with E-state index in [1.807, 2.05) is 0 Å². The molecule has 1 amide bonds. The number of sulfone groups is 1. The fourth-order valence-electron chi connectivity index (χ4n) is 3.42. The van der Waals surface area contributed by atoms with Crippen LogP contribution in [-0.2, 0) is 24.7 Å². The van der Waals surface area contributed by atoms with Crippen molar-refractivity contribution in [3.63, 3.8) is 0 Å². The molecule has 1 aliphatic heterocycles. The number of benzene rings is 2. The molecule has 0 unspecified atom stereocenters. The maximum Gasteiger partial charge on any atom is 0.262 e. The number of nitrogens with zero attached hydrogens (tertiary/aromatic N) is 1. The van der Waals surface area contributed by atoms with E-state index in [-0.39, 0.29) is 22.1 Å². The number of amides is 1. The van der Waals surface area contributed by atoms with Crippen molar-refractivity contribution in [3.05, 3.63) is 42.5 Å². The predicted molar refractivity (Wildman–Crippen MR) is 124 cm³/mol. The topological polar surface area (TPSA) is 119 Å². The molecule has 0 aromatic heterocycles. The Bertz CT molecular complexity index is 1190. The van der Waals surface area contributed by atoms with E-state index < -0.39 is 25.8 Å². The first-order valence-corrected chi connectivity index (χ1v) is 13.9. The summed E-state index contributed by atoms with van der Waals surface area (Å²) in [5.41, 5.74) is 0.232. The van der Waals surface area contributed by atoms with E-state index in [0.717, 1.165) is 25.5 Å². The van der Waals surface area contributed by atoms with Crippen LogP contribution in [0.5, 0.6) is 11.5 Å². The Morgan fingerprint density at radius 2 is 1.58 bits per heavy atom. The fraction of sp³-hybridized carbons (Fsp3) is 0.409. The summed E-state index contributed by atoms with van der Waals surface area (Å²) in [5.74, 6) is 0.153. The minimum absolute atomic E-state index is 0.0837. The second-order valence-corrected chi connectivity index (χ2v) is 11.6. The zero-order valence-corrected chi connectivity index (χ0v) is 20.2. The van der Waals surface area contributed by atoms with E-state index in [9.17, 15) is 21.6 Å². The Hall–Kier alpha value is -2.63. The minimum atomic E-state index is -3.68. The summed E-state index contributed by atoms with van der Waals surface area (Å²) >= 11 is 0. The number of rotatable bonds is 9. The summed E-state index contributed by atoms with van der Waals surface area (Å²) in [6, 6.07) is 10.1. The van der Waals surface area contributed by atoms with Crippen LogP contribution >= 0.6 is 0 Å². The van der Waals surface area contributed by atoms with Crippen LogP contribution in [0.2, 0.25) is 0 Å². The van der Waals surface area contributed by atoms with Crippen molar-refractivity contribution >= 4 is 31.5 Å². The highest BCUT2D eigenvalue weighted by molar-refractivity contribution is 7.90. The van der Waals surface area contributed by atoms with Gasteiger partial charge in [0.1, 0.15) is 11.5 Å². The van der Waals surface area contributed by atoms with E-state index in [4.69, 9.17) is 9.47 Å². The van der Waals surface area contributed by atoms with Gasteiger partial charge in [-0.2, -0.15) is 4.31 Å². The highest BCUT2D eigenvalue weighted by Gasteiger charge is 2.27. The second-order valence-electron chi connectivity index (χ2n) is 7.64. The molecule has 9 nitrogen and oxygen atoms in total. The highest BCUT2D eigenvalue weighted by atomic mass is 32.2. The van der Waals surface area contributed by atoms with Crippen LogP contribution in [0.1, 0.15) is 26.2 Å². The lowest BCUT2D eigenvalue weighted by molar-refractivity contribution is -0.118. The molecule has 0 spiro atoms. The maximum absolute atomic E-state index is 13.0. The first kappa shape index (κ1) is 25.0. The van der Waals surface area contributed by atoms with Crippen molar-refractivity contribution in [2.24, 2.45) is 0 Å². The lowest BCUT2D eigenvalue weighted by Crippen LogP contribution is -2.35. The van der Waals surface area contributed by atoms with Gasteiger partial charge in [-0.25, -0.2) is 16.8 Å². The summed E-state index contributed by atoms with van der Waals surface area (Å²) in [6.45, 7) is 2.72. The smallest absolute Gasteiger partial charge is 0.262 e. The van der Waals surface area contributed by atoms with Crippen LogP contribution in [0.4, 0.5) is 5.69 Å². The van der Waals surface area contributed by atoms with E-state index in [2.05, 4.69) is 5.32 Å². The van der Waals surface area contributed by atoms with Gasteiger partial charge in [0, 0.05) is 19.3 Å². The average molecular weight is 497 g/mol. The number of hydrogen-bond acceptors (Lipinski definition) is 7. The molecule has 11 heteroatoms. The minimum Gasteiger partial charge on any atom is -0.492 e. The van der Waals surface area contributed by atoms with Crippen molar-refractivity contribution in [1.82, 2.24) is 4.31 Å². The van der Waals surface area contributed by atoms with Crippen molar-refractivity contribution in [1.29, 1.82) is 0 Å². The van der Waals surface area contributed by atoms with E-state index in [1.54, 1.807) is 6.92 Å². The zero-order chi connectivity index (χ0) is 24.1. The Labute approximate surface area is 194 Å². The number of piperidine rings is 1. The molecule has 2 aromatic carbocycles. The second kappa shape index (κ2) is 10.5. The molecule has 180 valence electrons. The molecule has 1 N–H and O–H groups in total. The van der Waals surface area contributed by atoms with Crippen LogP contribution in [0.15, 0.2) is 52.3 Å².